The monoisotopic (exact) mass is 460 g/mol. The van der Waals surface area contributed by atoms with Gasteiger partial charge in [-0.2, -0.15) is 9.29 Å². The van der Waals surface area contributed by atoms with E-state index in [1.807, 2.05) is 0 Å². The Kier molecular flexibility index (Phi) is 4.98. The van der Waals surface area contributed by atoms with Crippen molar-refractivity contribution in [3.63, 3.8) is 0 Å². The summed E-state index contributed by atoms with van der Waals surface area (Å²) in [5.74, 6) is 1.71. The Balaban J connectivity index is 1.58. The summed E-state index contributed by atoms with van der Waals surface area (Å²) in [6, 6.07) is 0.146. The molecule has 3 aliphatic heterocycles. The van der Waals surface area contributed by atoms with Gasteiger partial charge in [-0.05, 0) is 20.3 Å². The van der Waals surface area contributed by atoms with E-state index < -0.39 is 10.0 Å². The molecule has 0 radical (unpaired) electrons. The molecule has 0 bridgehead atoms. The Bertz CT molecular complexity index is 1130. The topological polar surface area (TPSA) is 131 Å². The molecule has 2 aromatic heterocycles. The number of anilines is 3. The quantitative estimate of drug-likeness (QED) is 0.672. The van der Waals surface area contributed by atoms with Crippen molar-refractivity contribution < 1.29 is 13.2 Å². The van der Waals surface area contributed by atoms with Crippen LogP contribution in [0.5, 0.6) is 0 Å². The molecule has 172 valence electrons. The van der Waals surface area contributed by atoms with Gasteiger partial charge in [0.1, 0.15) is 5.82 Å². The number of hydrogen-bond donors (Lipinski definition) is 1. The summed E-state index contributed by atoms with van der Waals surface area (Å²) in [4.78, 5) is 22.6. The number of ether oxygens (including phenoxy) is 1. The van der Waals surface area contributed by atoms with Crippen LogP contribution in [0.2, 0.25) is 0 Å². The molecular weight excluding hydrogens is 432 g/mol. The summed E-state index contributed by atoms with van der Waals surface area (Å²) >= 11 is 0. The van der Waals surface area contributed by atoms with Gasteiger partial charge in [0.25, 0.3) is 0 Å². The van der Waals surface area contributed by atoms with Crippen molar-refractivity contribution in [3.8, 4) is 11.3 Å². The third-order valence-electron chi connectivity index (χ3n) is 6.54. The van der Waals surface area contributed by atoms with Crippen molar-refractivity contribution in [1.29, 1.82) is 0 Å². The number of rotatable bonds is 4. The fourth-order valence-corrected chi connectivity index (χ4v) is 5.76. The summed E-state index contributed by atoms with van der Waals surface area (Å²) in [6.07, 6.45) is 5.40. The highest BCUT2D eigenvalue weighted by atomic mass is 32.2. The Morgan fingerprint density at radius 1 is 1.19 bits per heavy atom. The second-order valence-corrected chi connectivity index (χ2v) is 11.0. The predicted molar refractivity (Wildman–Crippen MR) is 121 cm³/mol. The Hall–Kier alpha value is -2.57. The highest BCUT2D eigenvalue weighted by Gasteiger charge is 2.50. The number of hydrogen-bond acceptors (Lipinski definition) is 10. The van der Waals surface area contributed by atoms with Crippen molar-refractivity contribution in [2.75, 3.05) is 61.2 Å². The van der Waals surface area contributed by atoms with Crippen molar-refractivity contribution in [3.05, 3.63) is 18.0 Å². The van der Waals surface area contributed by atoms with Crippen LogP contribution in [-0.2, 0) is 21.2 Å². The minimum absolute atomic E-state index is 0.146. The van der Waals surface area contributed by atoms with Crippen molar-refractivity contribution in [2.24, 2.45) is 0 Å². The molecule has 2 saturated heterocycles. The zero-order valence-electron chi connectivity index (χ0n) is 18.5. The number of nitrogens with two attached hydrogens (primary N) is 1. The van der Waals surface area contributed by atoms with E-state index in [2.05, 4.69) is 33.6 Å². The second kappa shape index (κ2) is 7.49. The maximum absolute atomic E-state index is 12.0. The van der Waals surface area contributed by atoms with Gasteiger partial charge in [0.15, 0.2) is 0 Å². The SMILES string of the molecule is CC1COCCN1c1nc(-c2cnc(N)nc2)c2c(n1)N(C1(C)CN(S(C)(=O)=O)C1)CC2. The summed E-state index contributed by atoms with van der Waals surface area (Å²) < 4.78 is 31.0. The maximum Gasteiger partial charge on any atom is 0.228 e. The number of nitrogens with zero attached hydrogens (tertiary/aromatic N) is 7. The van der Waals surface area contributed by atoms with Gasteiger partial charge in [0.2, 0.25) is 21.9 Å². The average Bonchev–Trinajstić information content (AvgIpc) is 3.15. The number of fused-ring (bicyclic) bond motifs is 1. The summed E-state index contributed by atoms with van der Waals surface area (Å²) in [7, 11) is -3.21. The van der Waals surface area contributed by atoms with Crippen LogP contribution in [0.4, 0.5) is 17.7 Å². The lowest BCUT2D eigenvalue weighted by atomic mass is 9.93. The molecule has 0 amide bonds. The normalized spacial score (nSPS) is 23.2. The zero-order chi connectivity index (χ0) is 22.7. The van der Waals surface area contributed by atoms with E-state index in [-0.39, 0.29) is 17.5 Å². The van der Waals surface area contributed by atoms with Crippen LogP contribution in [0.3, 0.4) is 0 Å². The van der Waals surface area contributed by atoms with Crippen LogP contribution in [0.25, 0.3) is 11.3 Å². The third-order valence-corrected chi connectivity index (χ3v) is 7.74. The molecule has 3 aliphatic rings. The number of morpholine rings is 1. The van der Waals surface area contributed by atoms with E-state index in [9.17, 15) is 8.42 Å². The first-order chi connectivity index (χ1) is 15.2. The molecule has 32 heavy (non-hydrogen) atoms. The van der Waals surface area contributed by atoms with Crippen molar-refractivity contribution >= 4 is 27.7 Å². The molecule has 12 heteroatoms. The summed E-state index contributed by atoms with van der Waals surface area (Å²) in [5.41, 5.74) is 8.00. The molecule has 0 saturated carbocycles. The van der Waals surface area contributed by atoms with Crippen LogP contribution in [0.1, 0.15) is 19.4 Å². The van der Waals surface area contributed by atoms with E-state index in [1.54, 1.807) is 12.4 Å². The van der Waals surface area contributed by atoms with Gasteiger partial charge < -0.3 is 20.3 Å². The molecule has 11 nitrogen and oxygen atoms in total. The van der Waals surface area contributed by atoms with Crippen molar-refractivity contribution in [1.82, 2.24) is 24.2 Å². The largest absolute Gasteiger partial charge is 0.377 e. The lowest BCUT2D eigenvalue weighted by Crippen LogP contribution is -2.69. The molecule has 2 fully saturated rings. The molecule has 0 aromatic carbocycles. The third kappa shape index (κ3) is 3.55. The van der Waals surface area contributed by atoms with Crippen LogP contribution in [-0.4, -0.2) is 89.9 Å². The first-order valence-electron chi connectivity index (χ1n) is 10.7. The van der Waals surface area contributed by atoms with E-state index in [4.69, 9.17) is 20.4 Å². The first kappa shape index (κ1) is 21.3. The Morgan fingerprint density at radius 2 is 1.91 bits per heavy atom. The fraction of sp³-hybridized carbons (Fsp3) is 0.600. The predicted octanol–water partition coefficient (Wildman–Crippen LogP) is 0.137. The number of sulfonamides is 1. The molecule has 2 aromatic rings. The van der Waals surface area contributed by atoms with E-state index in [0.29, 0.717) is 38.8 Å². The van der Waals surface area contributed by atoms with Crippen molar-refractivity contribution in [2.45, 2.75) is 31.8 Å². The van der Waals surface area contributed by atoms with E-state index in [0.717, 1.165) is 35.6 Å². The highest BCUT2D eigenvalue weighted by Crippen LogP contribution is 2.42. The van der Waals surface area contributed by atoms with Gasteiger partial charge in [0, 0.05) is 49.7 Å². The van der Waals surface area contributed by atoms with Crippen LogP contribution < -0.4 is 15.5 Å². The van der Waals surface area contributed by atoms with E-state index in [1.165, 1.54) is 10.6 Å². The molecule has 5 rings (SSSR count). The molecule has 2 N–H and O–H groups in total. The van der Waals surface area contributed by atoms with Gasteiger partial charge in [-0.25, -0.2) is 23.4 Å². The minimum atomic E-state index is -3.21. The van der Waals surface area contributed by atoms with Gasteiger partial charge in [-0.15, -0.1) is 0 Å². The van der Waals surface area contributed by atoms with Gasteiger partial charge >= 0.3 is 0 Å². The van der Waals surface area contributed by atoms with Gasteiger partial charge in [0.05, 0.1) is 36.7 Å². The molecule has 0 spiro atoms. The maximum atomic E-state index is 12.0. The molecule has 0 aliphatic carbocycles. The Labute approximate surface area is 187 Å². The van der Waals surface area contributed by atoms with Crippen LogP contribution >= 0.6 is 0 Å². The highest BCUT2D eigenvalue weighted by molar-refractivity contribution is 7.88. The Morgan fingerprint density at radius 3 is 2.56 bits per heavy atom. The van der Waals surface area contributed by atoms with E-state index >= 15 is 0 Å². The molecular formula is C20H28N8O3S. The number of aromatic nitrogens is 4. The smallest absolute Gasteiger partial charge is 0.228 e. The number of nitrogen functional groups attached to an aromatic ring is 1. The molecule has 5 heterocycles. The minimum Gasteiger partial charge on any atom is -0.377 e. The van der Waals surface area contributed by atoms with Crippen LogP contribution in [0.15, 0.2) is 12.4 Å². The second-order valence-electron chi connectivity index (χ2n) is 9.05. The molecule has 1 unspecified atom stereocenters. The van der Waals surface area contributed by atoms with Gasteiger partial charge in [-0.1, -0.05) is 0 Å². The fourth-order valence-electron chi connectivity index (χ4n) is 4.74. The summed E-state index contributed by atoms with van der Waals surface area (Å²) in [6.45, 7) is 7.77. The zero-order valence-corrected chi connectivity index (χ0v) is 19.3. The summed E-state index contributed by atoms with van der Waals surface area (Å²) in [5, 5.41) is 0. The molecule has 1 atom stereocenters. The lowest BCUT2D eigenvalue weighted by Gasteiger charge is -2.52. The van der Waals surface area contributed by atoms with Gasteiger partial charge in [-0.3, -0.25) is 0 Å². The van der Waals surface area contributed by atoms with Crippen LogP contribution in [0, 0.1) is 0 Å². The lowest BCUT2D eigenvalue weighted by molar-refractivity contribution is 0.0981. The average molecular weight is 461 g/mol. The first-order valence-corrected chi connectivity index (χ1v) is 12.6. The standard InChI is InChI=1S/C20H28N8O3S/c1-13-10-31-7-6-27(13)19-24-16(14-8-22-18(21)23-9-14)15-4-5-28(17(15)25-19)20(2)11-26(12-20)32(3,29)30/h8-9,13H,4-7,10-12H2,1-3H3,(H2,21,22,23).